The molecule has 0 saturated carbocycles. The highest BCUT2D eigenvalue weighted by Crippen LogP contribution is 2.31. The molecule has 5 nitrogen and oxygen atoms in total. The molecule has 0 aromatic heterocycles. The summed E-state index contributed by atoms with van der Waals surface area (Å²) in [5.74, 6) is -2.99. The molecule has 3 rings (SSSR count). The topological polar surface area (TPSA) is 61.4 Å². The molecule has 2 aromatic carbocycles. The summed E-state index contributed by atoms with van der Waals surface area (Å²) >= 11 is 0.385. The molecule has 1 aliphatic heterocycles. The monoisotopic (exact) mass is 419 g/mol. The Labute approximate surface area is 172 Å². The molecule has 0 atom stereocenters. The predicted molar refractivity (Wildman–Crippen MR) is 112 cm³/mol. The molecule has 0 bridgehead atoms. The van der Waals surface area contributed by atoms with E-state index in [-0.39, 0.29) is 18.4 Å². The Morgan fingerprint density at radius 2 is 1.76 bits per heavy atom. The van der Waals surface area contributed by atoms with Gasteiger partial charge < -0.3 is 15.5 Å². The number of nitrogens with one attached hydrogen (secondary N) is 2. The Morgan fingerprint density at radius 3 is 2.48 bits per heavy atom. The summed E-state index contributed by atoms with van der Waals surface area (Å²) in [6.45, 7) is 3.27. The van der Waals surface area contributed by atoms with Gasteiger partial charge in [-0.1, -0.05) is 36.0 Å². The van der Waals surface area contributed by atoms with Gasteiger partial charge in [0.25, 0.3) is 11.7 Å². The first-order valence-corrected chi connectivity index (χ1v) is 10.3. The second-order valence-corrected chi connectivity index (χ2v) is 7.81. The molecule has 0 radical (unpaired) electrons. The fourth-order valence-corrected chi connectivity index (χ4v) is 3.91. The quantitative estimate of drug-likeness (QED) is 0.644. The van der Waals surface area contributed by atoms with Gasteiger partial charge in [-0.3, -0.25) is 9.59 Å². The first-order chi connectivity index (χ1) is 14.0. The van der Waals surface area contributed by atoms with Gasteiger partial charge in [0, 0.05) is 23.7 Å². The SMILES string of the molecule is Cc1cccc(NCC(=O)Nc2ccccc2SC(F)F)c1C(=O)N1CCCC1. The maximum Gasteiger partial charge on any atom is 0.288 e. The molecule has 0 spiro atoms. The molecule has 2 amide bonds. The molecule has 0 unspecified atom stereocenters. The van der Waals surface area contributed by atoms with E-state index in [9.17, 15) is 18.4 Å². The van der Waals surface area contributed by atoms with E-state index in [2.05, 4.69) is 10.6 Å². The van der Waals surface area contributed by atoms with Crippen LogP contribution >= 0.6 is 11.8 Å². The number of benzene rings is 2. The number of anilines is 2. The lowest BCUT2D eigenvalue weighted by molar-refractivity contribution is -0.114. The van der Waals surface area contributed by atoms with Crippen LogP contribution in [0.1, 0.15) is 28.8 Å². The normalized spacial score (nSPS) is 13.6. The van der Waals surface area contributed by atoms with Crippen molar-refractivity contribution >= 4 is 35.0 Å². The van der Waals surface area contributed by atoms with E-state index in [1.54, 1.807) is 24.3 Å². The molecule has 1 saturated heterocycles. The number of carbonyl (C=O) groups is 2. The highest BCUT2D eigenvalue weighted by atomic mass is 32.2. The van der Waals surface area contributed by atoms with Crippen molar-refractivity contribution in [2.45, 2.75) is 30.4 Å². The van der Waals surface area contributed by atoms with Gasteiger partial charge in [-0.25, -0.2) is 0 Å². The molecular formula is C21H23F2N3O2S. The fraction of sp³-hybridized carbons (Fsp3) is 0.333. The van der Waals surface area contributed by atoms with E-state index in [0.29, 0.717) is 33.6 Å². The molecule has 1 fully saturated rings. The number of amides is 2. The van der Waals surface area contributed by atoms with Crippen LogP contribution in [0, 0.1) is 6.92 Å². The molecule has 29 heavy (non-hydrogen) atoms. The van der Waals surface area contributed by atoms with Gasteiger partial charge in [0.05, 0.1) is 17.8 Å². The van der Waals surface area contributed by atoms with Crippen LogP contribution in [-0.4, -0.2) is 42.1 Å². The fourth-order valence-electron chi connectivity index (χ4n) is 3.32. The number of nitrogens with zero attached hydrogens (tertiary/aromatic N) is 1. The van der Waals surface area contributed by atoms with E-state index >= 15 is 0 Å². The van der Waals surface area contributed by atoms with Crippen molar-refractivity contribution in [2.75, 3.05) is 30.3 Å². The molecule has 2 N–H and O–H groups in total. The Kier molecular flexibility index (Phi) is 7.09. The Hall–Kier alpha value is -2.61. The van der Waals surface area contributed by atoms with E-state index < -0.39 is 5.76 Å². The third-order valence-corrected chi connectivity index (χ3v) is 5.48. The number of halogens is 2. The number of para-hydroxylation sites is 1. The number of likely N-dealkylation sites (tertiary alicyclic amines) is 1. The number of hydrogen-bond donors (Lipinski definition) is 2. The Bertz CT molecular complexity index is 886. The smallest absolute Gasteiger partial charge is 0.288 e. The third kappa shape index (κ3) is 5.47. The standard InChI is InChI=1S/C21H23F2N3O2S/c1-14-7-6-9-16(19(14)20(28)26-11-4-5-12-26)24-13-18(27)25-15-8-2-3-10-17(15)29-21(22)23/h2-3,6-10,21,24H,4-5,11-13H2,1H3,(H,25,27). The van der Waals surface area contributed by atoms with Gasteiger partial charge in [-0.2, -0.15) is 8.78 Å². The van der Waals surface area contributed by atoms with Gasteiger partial charge in [-0.05, 0) is 43.5 Å². The Balaban J connectivity index is 1.68. The lowest BCUT2D eigenvalue weighted by Gasteiger charge is -2.20. The van der Waals surface area contributed by atoms with Crippen LogP contribution in [-0.2, 0) is 4.79 Å². The second kappa shape index (κ2) is 9.73. The minimum absolute atomic E-state index is 0.0396. The van der Waals surface area contributed by atoms with Crippen molar-refractivity contribution in [1.29, 1.82) is 0 Å². The summed E-state index contributed by atoms with van der Waals surface area (Å²) in [7, 11) is 0. The van der Waals surface area contributed by atoms with Gasteiger partial charge in [0.1, 0.15) is 0 Å². The minimum atomic E-state index is -2.57. The highest BCUT2D eigenvalue weighted by Gasteiger charge is 2.23. The summed E-state index contributed by atoms with van der Waals surface area (Å²) in [6, 6.07) is 11.9. The minimum Gasteiger partial charge on any atom is -0.375 e. The van der Waals surface area contributed by atoms with Gasteiger partial charge in [0.15, 0.2) is 0 Å². The summed E-state index contributed by atoms with van der Waals surface area (Å²) in [4.78, 5) is 27.4. The van der Waals surface area contributed by atoms with E-state index in [4.69, 9.17) is 0 Å². The first kappa shape index (κ1) is 21.1. The Morgan fingerprint density at radius 1 is 1.07 bits per heavy atom. The van der Waals surface area contributed by atoms with E-state index in [0.717, 1.165) is 31.5 Å². The number of hydrogen-bond acceptors (Lipinski definition) is 4. The zero-order valence-corrected chi connectivity index (χ0v) is 16.9. The van der Waals surface area contributed by atoms with Gasteiger partial charge in [0.2, 0.25) is 5.91 Å². The van der Waals surface area contributed by atoms with E-state index in [1.165, 1.54) is 6.07 Å². The molecule has 1 aliphatic rings. The molecule has 1 heterocycles. The van der Waals surface area contributed by atoms with Crippen molar-refractivity contribution < 1.29 is 18.4 Å². The maximum absolute atomic E-state index is 12.9. The molecule has 2 aromatic rings. The van der Waals surface area contributed by atoms with Crippen LogP contribution in [0.4, 0.5) is 20.2 Å². The molecule has 8 heteroatoms. The van der Waals surface area contributed by atoms with Crippen molar-refractivity contribution in [3.8, 4) is 0 Å². The third-order valence-electron chi connectivity index (χ3n) is 4.70. The molecule has 0 aliphatic carbocycles. The number of rotatable bonds is 7. The summed E-state index contributed by atoms with van der Waals surface area (Å²) in [5, 5.41) is 5.68. The van der Waals surface area contributed by atoms with Crippen LogP contribution in [0.25, 0.3) is 0 Å². The summed E-state index contributed by atoms with van der Waals surface area (Å²) < 4.78 is 25.4. The number of carbonyl (C=O) groups excluding carboxylic acids is 2. The number of thioether (sulfide) groups is 1. The number of alkyl halides is 2. The van der Waals surface area contributed by atoms with Crippen molar-refractivity contribution in [3.63, 3.8) is 0 Å². The molecular weight excluding hydrogens is 396 g/mol. The predicted octanol–water partition coefficient (Wildman–Crippen LogP) is 4.60. The summed E-state index contributed by atoms with van der Waals surface area (Å²) in [5.41, 5.74) is 2.33. The van der Waals surface area contributed by atoms with Crippen molar-refractivity contribution in [3.05, 3.63) is 53.6 Å². The lowest BCUT2D eigenvalue weighted by atomic mass is 10.0. The van der Waals surface area contributed by atoms with Crippen molar-refractivity contribution in [1.82, 2.24) is 4.90 Å². The van der Waals surface area contributed by atoms with Crippen LogP contribution in [0.15, 0.2) is 47.4 Å². The number of aryl methyl sites for hydroxylation is 1. The van der Waals surface area contributed by atoms with Crippen LogP contribution < -0.4 is 10.6 Å². The largest absolute Gasteiger partial charge is 0.375 e. The van der Waals surface area contributed by atoms with Crippen LogP contribution in [0.5, 0.6) is 0 Å². The first-order valence-electron chi connectivity index (χ1n) is 9.42. The highest BCUT2D eigenvalue weighted by molar-refractivity contribution is 7.99. The maximum atomic E-state index is 12.9. The lowest BCUT2D eigenvalue weighted by Crippen LogP contribution is -2.30. The second-order valence-electron chi connectivity index (χ2n) is 6.77. The van der Waals surface area contributed by atoms with Crippen LogP contribution in [0.3, 0.4) is 0 Å². The average Bonchev–Trinajstić information content (AvgIpc) is 3.22. The van der Waals surface area contributed by atoms with Gasteiger partial charge >= 0.3 is 0 Å². The van der Waals surface area contributed by atoms with E-state index in [1.807, 2.05) is 24.0 Å². The van der Waals surface area contributed by atoms with Crippen molar-refractivity contribution in [2.24, 2.45) is 0 Å². The van der Waals surface area contributed by atoms with Crippen LogP contribution in [0.2, 0.25) is 0 Å². The summed E-state index contributed by atoms with van der Waals surface area (Å²) in [6.07, 6.45) is 2.00. The average molecular weight is 419 g/mol. The van der Waals surface area contributed by atoms with Gasteiger partial charge in [-0.15, -0.1) is 0 Å². The molecule has 154 valence electrons. The zero-order valence-electron chi connectivity index (χ0n) is 16.1. The zero-order chi connectivity index (χ0) is 20.8.